The number of aromatic nitrogens is 1. The lowest BCUT2D eigenvalue weighted by molar-refractivity contribution is 0.0512. The molecular formula is C14H13BrFNO4S. The van der Waals surface area contributed by atoms with Crippen molar-refractivity contribution in [1.82, 2.24) is 3.97 Å². The second kappa shape index (κ2) is 6.21. The minimum atomic E-state index is -4.11. The summed E-state index contributed by atoms with van der Waals surface area (Å²) in [7, 11) is -4.11. The molecule has 0 fully saturated rings. The Morgan fingerprint density at radius 2 is 1.91 bits per heavy atom. The van der Waals surface area contributed by atoms with Gasteiger partial charge >= 0.3 is 5.97 Å². The van der Waals surface area contributed by atoms with E-state index in [9.17, 15) is 17.6 Å². The maximum absolute atomic E-state index is 14.1. The normalized spacial score (nSPS) is 11.5. The van der Waals surface area contributed by atoms with Gasteiger partial charge in [-0.1, -0.05) is 17.7 Å². The number of rotatable bonds is 4. The lowest BCUT2D eigenvalue weighted by Crippen LogP contribution is -2.20. The molecule has 8 heteroatoms. The van der Waals surface area contributed by atoms with Crippen LogP contribution >= 0.6 is 15.9 Å². The van der Waals surface area contributed by atoms with E-state index in [1.165, 1.54) is 12.1 Å². The lowest BCUT2D eigenvalue weighted by Gasteiger charge is -2.10. The number of ether oxygens (including phenoxy) is 1. The highest BCUT2D eigenvalue weighted by Gasteiger charge is 2.29. The average molecular weight is 390 g/mol. The Balaban J connectivity index is 2.63. The molecule has 0 unspecified atom stereocenters. The van der Waals surface area contributed by atoms with Crippen molar-refractivity contribution in [3.63, 3.8) is 0 Å². The summed E-state index contributed by atoms with van der Waals surface area (Å²) in [4.78, 5) is 11.8. The highest BCUT2D eigenvalue weighted by Crippen LogP contribution is 2.26. The largest absolute Gasteiger partial charge is 0.461 e. The smallest absolute Gasteiger partial charge is 0.359 e. The van der Waals surface area contributed by atoms with Crippen LogP contribution < -0.4 is 0 Å². The van der Waals surface area contributed by atoms with Gasteiger partial charge in [0.05, 0.1) is 16.0 Å². The minimum absolute atomic E-state index is 0.00561. The molecule has 1 aromatic carbocycles. The molecule has 0 aliphatic rings. The molecular weight excluding hydrogens is 377 g/mol. The summed E-state index contributed by atoms with van der Waals surface area (Å²) >= 11 is 2.89. The molecule has 22 heavy (non-hydrogen) atoms. The Labute approximate surface area is 135 Å². The van der Waals surface area contributed by atoms with Gasteiger partial charge in [0, 0.05) is 6.20 Å². The molecule has 0 aliphatic heterocycles. The van der Waals surface area contributed by atoms with E-state index in [1.54, 1.807) is 19.1 Å². The number of carbonyl (C=O) groups excluding carboxylic acids is 1. The van der Waals surface area contributed by atoms with Gasteiger partial charge in [0.1, 0.15) is 0 Å². The zero-order chi connectivity index (χ0) is 16.5. The fraction of sp³-hybridized carbons (Fsp3) is 0.214. The summed E-state index contributed by atoms with van der Waals surface area (Å²) in [5.41, 5.74) is 0.221. The SMILES string of the molecule is CCOC(=O)c1c(F)c(Br)cn1S(=O)(=O)c1ccc(C)cc1. The Morgan fingerprint density at radius 3 is 2.45 bits per heavy atom. The van der Waals surface area contributed by atoms with Gasteiger partial charge in [-0.25, -0.2) is 21.6 Å². The number of halogens is 2. The Morgan fingerprint density at radius 1 is 1.32 bits per heavy atom. The second-order valence-corrected chi connectivity index (χ2v) is 7.14. The summed E-state index contributed by atoms with van der Waals surface area (Å²) < 4.78 is 44.5. The van der Waals surface area contributed by atoms with Gasteiger partial charge in [0.25, 0.3) is 10.0 Å². The monoisotopic (exact) mass is 389 g/mol. The number of esters is 1. The molecule has 118 valence electrons. The molecule has 0 spiro atoms. The lowest BCUT2D eigenvalue weighted by atomic mass is 10.2. The molecule has 2 rings (SSSR count). The standard InChI is InChI=1S/C14H13BrFNO4S/c1-3-21-14(18)13-12(16)11(15)8-17(13)22(19,20)10-6-4-9(2)5-7-10/h4-8H,3H2,1-2H3. The first-order valence-corrected chi connectivity index (χ1v) is 8.58. The first kappa shape index (κ1) is 16.7. The highest BCUT2D eigenvalue weighted by atomic mass is 79.9. The predicted molar refractivity (Wildman–Crippen MR) is 81.8 cm³/mol. The molecule has 1 aromatic heterocycles. The van der Waals surface area contributed by atoms with Gasteiger partial charge in [0.15, 0.2) is 11.5 Å². The van der Waals surface area contributed by atoms with Crippen molar-refractivity contribution < 1.29 is 22.3 Å². The summed E-state index contributed by atoms with van der Waals surface area (Å²) in [6, 6.07) is 6.02. The van der Waals surface area contributed by atoms with E-state index in [0.29, 0.717) is 3.97 Å². The molecule has 0 saturated heterocycles. The van der Waals surface area contributed by atoms with Crippen LogP contribution in [0.2, 0.25) is 0 Å². The van der Waals surface area contributed by atoms with Crippen LogP contribution in [-0.2, 0) is 14.8 Å². The molecule has 5 nitrogen and oxygen atoms in total. The summed E-state index contributed by atoms with van der Waals surface area (Å²) in [5, 5.41) is 0. The summed E-state index contributed by atoms with van der Waals surface area (Å²) in [5.74, 6) is -2.02. The molecule has 0 aliphatic carbocycles. The number of carbonyl (C=O) groups is 1. The molecule has 1 heterocycles. The van der Waals surface area contributed by atoms with Gasteiger partial charge < -0.3 is 4.74 Å². The van der Waals surface area contributed by atoms with Crippen LogP contribution in [0.1, 0.15) is 23.0 Å². The maximum atomic E-state index is 14.1. The van der Waals surface area contributed by atoms with Crippen molar-refractivity contribution >= 4 is 31.9 Å². The topological polar surface area (TPSA) is 65.4 Å². The predicted octanol–water partition coefficient (Wildman–Crippen LogP) is 3.11. The highest BCUT2D eigenvalue weighted by molar-refractivity contribution is 9.10. The second-order valence-electron chi connectivity index (χ2n) is 4.47. The van der Waals surface area contributed by atoms with Crippen LogP contribution in [0.25, 0.3) is 0 Å². The molecule has 0 amide bonds. The van der Waals surface area contributed by atoms with Crippen LogP contribution in [-0.4, -0.2) is 25.0 Å². The van der Waals surface area contributed by atoms with Crippen LogP contribution in [0, 0.1) is 12.7 Å². The van der Waals surface area contributed by atoms with Crippen LogP contribution in [0.4, 0.5) is 4.39 Å². The quantitative estimate of drug-likeness (QED) is 0.753. The molecule has 0 bridgehead atoms. The van der Waals surface area contributed by atoms with E-state index in [2.05, 4.69) is 15.9 Å². The van der Waals surface area contributed by atoms with Crippen molar-refractivity contribution in [3.8, 4) is 0 Å². The van der Waals surface area contributed by atoms with Crippen LogP contribution in [0.15, 0.2) is 39.8 Å². The number of hydrogen-bond donors (Lipinski definition) is 0. The number of nitrogens with zero attached hydrogens (tertiary/aromatic N) is 1. The Hall–Kier alpha value is -1.67. The van der Waals surface area contributed by atoms with Gasteiger partial charge in [-0.2, -0.15) is 0 Å². The zero-order valence-corrected chi connectivity index (χ0v) is 14.2. The molecule has 0 radical (unpaired) electrons. The fourth-order valence-electron chi connectivity index (χ4n) is 1.83. The first-order valence-electron chi connectivity index (χ1n) is 6.34. The number of benzene rings is 1. The molecule has 2 aromatic rings. The van der Waals surface area contributed by atoms with E-state index in [4.69, 9.17) is 4.74 Å². The molecule has 0 N–H and O–H groups in total. The Kier molecular flexibility index (Phi) is 4.72. The van der Waals surface area contributed by atoms with E-state index in [1.807, 2.05) is 6.92 Å². The maximum Gasteiger partial charge on any atom is 0.359 e. The zero-order valence-electron chi connectivity index (χ0n) is 11.8. The van der Waals surface area contributed by atoms with Gasteiger partial charge in [0.2, 0.25) is 0 Å². The van der Waals surface area contributed by atoms with E-state index >= 15 is 0 Å². The van der Waals surface area contributed by atoms with Crippen molar-refractivity contribution in [1.29, 1.82) is 0 Å². The van der Waals surface area contributed by atoms with Gasteiger partial charge in [-0.15, -0.1) is 0 Å². The number of hydrogen-bond acceptors (Lipinski definition) is 4. The van der Waals surface area contributed by atoms with Gasteiger partial charge in [-0.05, 0) is 41.9 Å². The number of aryl methyl sites for hydroxylation is 1. The minimum Gasteiger partial charge on any atom is -0.461 e. The van der Waals surface area contributed by atoms with Crippen molar-refractivity contribution in [2.75, 3.05) is 6.61 Å². The third kappa shape index (κ3) is 2.93. The fourth-order valence-corrected chi connectivity index (χ4v) is 3.70. The van der Waals surface area contributed by atoms with Crippen molar-refractivity contribution in [3.05, 3.63) is 52.0 Å². The van der Waals surface area contributed by atoms with Crippen molar-refractivity contribution in [2.24, 2.45) is 0 Å². The summed E-state index contributed by atoms with van der Waals surface area (Å²) in [6.45, 7) is 3.37. The third-order valence-corrected chi connectivity index (χ3v) is 5.14. The van der Waals surface area contributed by atoms with E-state index < -0.39 is 27.5 Å². The average Bonchev–Trinajstić information content (AvgIpc) is 2.76. The molecule has 0 atom stereocenters. The van der Waals surface area contributed by atoms with Crippen LogP contribution in [0.5, 0.6) is 0 Å². The van der Waals surface area contributed by atoms with E-state index in [0.717, 1.165) is 11.8 Å². The van der Waals surface area contributed by atoms with E-state index in [-0.39, 0.29) is 16.0 Å². The van der Waals surface area contributed by atoms with Crippen LogP contribution in [0.3, 0.4) is 0 Å². The van der Waals surface area contributed by atoms with Gasteiger partial charge in [-0.3, -0.25) is 0 Å². The molecule has 0 saturated carbocycles. The summed E-state index contributed by atoms with van der Waals surface area (Å²) in [6.07, 6.45) is 0.997. The van der Waals surface area contributed by atoms with Crippen molar-refractivity contribution in [2.45, 2.75) is 18.7 Å². The first-order chi connectivity index (χ1) is 10.3. The Bertz CT molecular complexity index is 812. The third-order valence-electron chi connectivity index (χ3n) is 2.92.